The summed E-state index contributed by atoms with van der Waals surface area (Å²) in [5.41, 5.74) is 0. The van der Waals surface area contributed by atoms with E-state index >= 15 is 0 Å². The topological polar surface area (TPSA) is 40.2 Å². The summed E-state index contributed by atoms with van der Waals surface area (Å²) >= 11 is 0. The first-order chi connectivity index (χ1) is 14.1. The van der Waals surface area contributed by atoms with Crippen molar-refractivity contribution in [3.63, 3.8) is 0 Å². The molecular weight excluding hydrogens is 364 g/mol. The molecular formula is C25H50O4. The van der Waals surface area contributed by atoms with Crippen LogP contribution in [0.15, 0.2) is 0 Å². The third-order valence-corrected chi connectivity index (χ3v) is 5.99. The number of rotatable bonds is 16. The van der Waals surface area contributed by atoms with Gasteiger partial charge < -0.3 is 18.9 Å². The molecule has 0 amide bonds. The third kappa shape index (κ3) is 11.7. The van der Waals surface area contributed by atoms with Gasteiger partial charge in [0.25, 0.3) is 5.97 Å². The third-order valence-electron chi connectivity index (χ3n) is 5.99. The van der Waals surface area contributed by atoms with Gasteiger partial charge in [0.1, 0.15) is 0 Å². The van der Waals surface area contributed by atoms with E-state index in [4.69, 9.17) is 18.9 Å². The predicted molar refractivity (Wildman–Crippen MR) is 121 cm³/mol. The summed E-state index contributed by atoms with van der Waals surface area (Å²) in [4.78, 5) is 0. The van der Waals surface area contributed by atoms with Crippen LogP contribution < -0.4 is 0 Å². The van der Waals surface area contributed by atoms with E-state index in [2.05, 4.69) is 13.8 Å². The van der Waals surface area contributed by atoms with E-state index in [0.29, 0.717) is 32.0 Å². The van der Waals surface area contributed by atoms with E-state index in [1.165, 1.54) is 70.6 Å². The number of unbranched alkanes of at least 4 members (excludes halogenated alkanes) is 6. The molecule has 0 bridgehead atoms. The van der Waals surface area contributed by atoms with Crippen molar-refractivity contribution in [3.05, 3.63) is 0 Å². The van der Waals surface area contributed by atoms with E-state index in [-0.39, 0.29) is 0 Å². The van der Waals surface area contributed by atoms with Crippen molar-refractivity contribution in [2.75, 3.05) is 19.8 Å². The maximum absolute atomic E-state index is 5.71. The Labute approximate surface area is 181 Å². The summed E-state index contributed by atoms with van der Waals surface area (Å²) in [5, 5.41) is 0. The fraction of sp³-hybridized carbons (Fsp3) is 1.00. The van der Waals surface area contributed by atoms with Crippen molar-refractivity contribution in [3.8, 4) is 0 Å². The smallest absolute Gasteiger partial charge is 0.282 e. The molecule has 0 N–H and O–H groups in total. The molecule has 1 saturated carbocycles. The van der Waals surface area contributed by atoms with Crippen molar-refractivity contribution in [1.82, 2.24) is 0 Å². The molecule has 0 radical (unpaired) electrons. The fourth-order valence-electron chi connectivity index (χ4n) is 4.46. The summed E-state index contributed by atoms with van der Waals surface area (Å²) in [6.45, 7) is 12.3. The second-order valence-electron chi connectivity index (χ2n) is 8.53. The largest absolute Gasteiger partial charge is 0.370 e. The molecule has 3 unspecified atom stereocenters. The van der Waals surface area contributed by atoms with Crippen LogP contribution in [0, 0.1) is 5.92 Å². The normalized spacial score (nSPS) is 23.3. The van der Waals surface area contributed by atoms with Gasteiger partial charge in [-0.2, -0.15) is 0 Å². The van der Waals surface area contributed by atoms with Gasteiger partial charge in [0.15, 0.2) is 0 Å². The zero-order chi connectivity index (χ0) is 21.4. The van der Waals surface area contributed by atoms with Gasteiger partial charge in [-0.15, -0.1) is 0 Å². The molecule has 3 atom stereocenters. The molecule has 0 spiro atoms. The lowest BCUT2D eigenvalue weighted by molar-refractivity contribution is -0.380. The minimum atomic E-state index is -0.804. The minimum absolute atomic E-state index is 0.622. The van der Waals surface area contributed by atoms with Gasteiger partial charge in [0.2, 0.25) is 0 Å². The van der Waals surface area contributed by atoms with Gasteiger partial charge in [-0.1, -0.05) is 65.2 Å². The number of hydrogen-bond acceptors (Lipinski definition) is 4. The molecule has 1 saturated heterocycles. The number of ether oxygens (including phenoxy) is 4. The SMILES string of the molecule is CCCC1CCC2OC2C1.CCCCCCCCCC(OCC)(OCC)OCC. The van der Waals surface area contributed by atoms with Gasteiger partial charge in [-0.3, -0.25) is 0 Å². The number of hydrogen-bond donors (Lipinski definition) is 0. The Balaban J connectivity index is 0.000000345. The van der Waals surface area contributed by atoms with Gasteiger partial charge in [-0.05, 0) is 52.4 Å². The van der Waals surface area contributed by atoms with Gasteiger partial charge in [0.05, 0.1) is 12.2 Å². The summed E-state index contributed by atoms with van der Waals surface area (Å²) in [6, 6.07) is 0. The average Bonchev–Trinajstić information content (AvgIpc) is 3.48. The van der Waals surface area contributed by atoms with Crippen molar-refractivity contribution >= 4 is 0 Å². The second kappa shape index (κ2) is 16.5. The Morgan fingerprint density at radius 2 is 1.28 bits per heavy atom. The Morgan fingerprint density at radius 1 is 0.690 bits per heavy atom. The van der Waals surface area contributed by atoms with E-state index in [1.54, 1.807) is 0 Å². The highest BCUT2D eigenvalue weighted by molar-refractivity contribution is 4.91. The highest BCUT2D eigenvalue weighted by atomic mass is 16.9. The fourth-order valence-corrected chi connectivity index (χ4v) is 4.46. The lowest BCUT2D eigenvalue weighted by Crippen LogP contribution is -2.39. The molecule has 1 heterocycles. The number of epoxide rings is 1. The van der Waals surface area contributed by atoms with E-state index < -0.39 is 5.97 Å². The van der Waals surface area contributed by atoms with Gasteiger partial charge in [0, 0.05) is 26.2 Å². The zero-order valence-corrected chi connectivity index (χ0v) is 20.2. The van der Waals surface area contributed by atoms with Crippen molar-refractivity contribution < 1.29 is 18.9 Å². The molecule has 0 aromatic heterocycles. The minimum Gasteiger partial charge on any atom is -0.370 e. The zero-order valence-electron chi connectivity index (χ0n) is 20.2. The van der Waals surface area contributed by atoms with Crippen LogP contribution in [-0.4, -0.2) is 38.0 Å². The Bertz CT molecular complexity index is 357. The molecule has 2 rings (SSSR count). The molecule has 0 aromatic rings. The standard InChI is InChI=1S/C16H34O3.C9H16O/c1-5-9-10-11-12-13-14-15-16(17-6-2,18-7-3)19-8-4;1-2-3-7-4-5-8-9(6-7)10-8/h5-15H2,1-4H3;7-9H,2-6H2,1H3. The molecule has 0 aromatic carbocycles. The first kappa shape index (κ1) is 26.9. The molecule has 1 aliphatic carbocycles. The van der Waals surface area contributed by atoms with Crippen LogP contribution >= 0.6 is 0 Å². The average molecular weight is 415 g/mol. The van der Waals surface area contributed by atoms with Gasteiger partial charge in [-0.25, -0.2) is 0 Å². The predicted octanol–water partition coefficient (Wildman–Crippen LogP) is 7.24. The summed E-state index contributed by atoms with van der Waals surface area (Å²) < 4.78 is 22.6. The maximum Gasteiger partial charge on any atom is 0.282 e. The Kier molecular flexibility index (Phi) is 15.3. The van der Waals surface area contributed by atoms with E-state index in [9.17, 15) is 0 Å². The van der Waals surface area contributed by atoms with Crippen LogP contribution in [0.2, 0.25) is 0 Å². The van der Waals surface area contributed by atoms with Crippen LogP contribution in [0.1, 0.15) is 118 Å². The second-order valence-corrected chi connectivity index (χ2v) is 8.53. The maximum atomic E-state index is 5.71. The molecule has 4 nitrogen and oxygen atoms in total. The van der Waals surface area contributed by atoms with Crippen LogP contribution in [0.4, 0.5) is 0 Å². The van der Waals surface area contributed by atoms with Crippen molar-refractivity contribution in [2.45, 2.75) is 136 Å². The van der Waals surface area contributed by atoms with E-state index in [0.717, 1.165) is 18.8 Å². The summed E-state index contributed by atoms with van der Waals surface area (Å²) in [5.74, 6) is 0.190. The molecule has 4 heteroatoms. The lowest BCUT2D eigenvalue weighted by atomic mass is 9.86. The molecule has 29 heavy (non-hydrogen) atoms. The Hall–Kier alpha value is -0.160. The van der Waals surface area contributed by atoms with Crippen LogP contribution in [0.25, 0.3) is 0 Å². The van der Waals surface area contributed by atoms with Crippen LogP contribution in [-0.2, 0) is 18.9 Å². The molecule has 174 valence electrons. The molecule has 2 fully saturated rings. The van der Waals surface area contributed by atoms with E-state index in [1.807, 2.05) is 20.8 Å². The van der Waals surface area contributed by atoms with Crippen molar-refractivity contribution in [2.24, 2.45) is 5.92 Å². The quantitative estimate of drug-likeness (QED) is 0.151. The Morgan fingerprint density at radius 3 is 1.79 bits per heavy atom. The highest BCUT2D eigenvalue weighted by Gasteiger charge is 2.43. The highest BCUT2D eigenvalue weighted by Crippen LogP contribution is 2.40. The first-order valence-corrected chi connectivity index (χ1v) is 12.7. The number of fused-ring (bicyclic) bond motifs is 1. The van der Waals surface area contributed by atoms with Crippen molar-refractivity contribution in [1.29, 1.82) is 0 Å². The lowest BCUT2D eigenvalue weighted by Gasteiger charge is -2.32. The van der Waals surface area contributed by atoms with Gasteiger partial charge >= 0.3 is 0 Å². The summed E-state index contributed by atoms with van der Waals surface area (Å²) in [6.07, 6.45) is 18.1. The molecule has 2 aliphatic rings. The first-order valence-electron chi connectivity index (χ1n) is 12.7. The summed E-state index contributed by atoms with van der Waals surface area (Å²) in [7, 11) is 0. The van der Waals surface area contributed by atoms with Crippen LogP contribution in [0.3, 0.4) is 0 Å². The molecule has 1 aliphatic heterocycles. The monoisotopic (exact) mass is 414 g/mol. The van der Waals surface area contributed by atoms with Crippen LogP contribution in [0.5, 0.6) is 0 Å².